The number of phenolic OH excluding ortho intramolecular Hbond substituents is 1. The number of benzene rings is 3. The highest BCUT2D eigenvalue weighted by Crippen LogP contribution is 2.43. The van der Waals surface area contributed by atoms with Crippen LogP contribution in [0.2, 0.25) is 0 Å². The molecule has 0 unspecified atom stereocenters. The summed E-state index contributed by atoms with van der Waals surface area (Å²) in [5.41, 5.74) is 11.0. The maximum absolute atomic E-state index is 13.7. The molecule has 1 aromatic heterocycles. The van der Waals surface area contributed by atoms with Crippen LogP contribution in [-0.4, -0.2) is 16.7 Å². The lowest BCUT2D eigenvalue weighted by Crippen LogP contribution is -2.24. The Morgan fingerprint density at radius 2 is 1.56 bits per heavy atom. The van der Waals surface area contributed by atoms with Crippen molar-refractivity contribution in [1.82, 2.24) is 0 Å². The molecule has 1 aliphatic rings. The number of phenols is 1. The highest BCUT2D eigenvalue weighted by Gasteiger charge is 2.37. The Hall–Kier alpha value is -3.90. The number of nitrogens with two attached hydrogens (primary N) is 1. The first-order valence-corrected chi connectivity index (χ1v) is 11.0. The number of hydrogen-bond donors (Lipinski definition) is 3. The topological polar surface area (TPSA) is 92.4 Å². The standard InChI is InChI=1S/C26H20N2O3S/c1-13-10-14(2)12-15(11-13)28-18-7-6-17(27)22-23(18)26(31)24-19(29)8-5-16(21(24)25(22)30)20-4-3-9-32-20/h3-12,28-29H,27H2,1-2H3. The molecule has 4 aromatic rings. The Labute approximate surface area is 189 Å². The number of nitrogen functional groups attached to an aromatic ring is 1. The van der Waals surface area contributed by atoms with Gasteiger partial charge in [-0.2, -0.15) is 0 Å². The van der Waals surface area contributed by atoms with Crippen molar-refractivity contribution in [3.63, 3.8) is 0 Å². The molecule has 1 heterocycles. The van der Waals surface area contributed by atoms with E-state index >= 15 is 0 Å². The maximum atomic E-state index is 13.7. The number of fused-ring (bicyclic) bond motifs is 2. The van der Waals surface area contributed by atoms with E-state index in [1.165, 1.54) is 17.4 Å². The van der Waals surface area contributed by atoms with Gasteiger partial charge in [0.05, 0.1) is 22.4 Å². The number of hydrogen-bond acceptors (Lipinski definition) is 6. The first-order chi connectivity index (χ1) is 15.3. The van der Waals surface area contributed by atoms with E-state index < -0.39 is 5.78 Å². The molecule has 1 aliphatic carbocycles. The van der Waals surface area contributed by atoms with E-state index in [1.54, 1.807) is 18.2 Å². The number of carbonyl (C=O) groups excluding carboxylic acids is 2. The molecule has 0 aliphatic heterocycles. The molecular weight excluding hydrogens is 420 g/mol. The number of aryl methyl sites for hydroxylation is 2. The van der Waals surface area contributed by atoms with Crippen LogP contribution in [0.1, 0.15) is 43.0 Å². The van der Waals surface area contributed by atoms with Crippen molar-refractivity contribution in [3.8, 4) is 16.2 Å². The van der Waals surface area contributed by atoms with Crippen molar-refractivity contribution in [1.29, 1.82) is 0 Å². The van der Waals surface area contributed by atoms with Crippen molar-refractivity contribution in [3.05, 3.63) is 93.4 Å². The highest BCUT2D eigenvalue weighted by atomic mass is 32.1. The van der Waals surface area contributed by atoms with Crippen LogP contribution >= 0.6 is 11.3 Å². The lowest BCUT2D eigenvalue weighted by atomic mass is 9.79. The monoisotopic (exact) mass is 440 g/mol. The van der Waals surface area contributed by atoms with Crippen LogP contribution in [0.5, 0.6) is 5.75 Å². The normalized spacial score (nSPS) is 12.4. The summed E-state index contributed by atoms with van der Waals surface area (Å²) in [6.07, 6.45) is 0. The summed E-state index contributed by atoms with van der Waals surface area (Å²) in [5, 5.41) is 15.8. The molecule has 6 heteroatoms. The predicted octanol–water partition coefficient (Wildman–Crippen LogP) is 5.84. The van der Waals surface area contributed by atoms with Crippen LogP contribution in [0.15, 0.2) is 60.0 Å². The summed E-state index contributed by atoms with van der Waals surface area (Å²) in [7, 11) is 0. The Balaban J connectivity index is 1.73. The molecule has 4 N–H and O–H groups in total. The number of rotatable bonds is 3. The number of ketones is 2. The highest BCUT2D eigenvalue weighted by molar-refractivity contribution is 7.13. The average Bonchev–Trinajstić information content (AvgIpc) is 3.27. The van der Waals surface area contributed by atoms with E-state index in [0.29, 0.717) is 11.3 Å². The van der Waals surface area contributed by atoms with Gasteiger partial charge in [0.1, 0.15) is 5.75 Å². The van der Waals surface area contributed by atoms with Crippen molar-refractivity contribution in [2.45, 2.75) is 13.8 Å². The van der Waals surface area contributed by atoms with Gasteiger partial charge in [-0.25, -0.2) is 0 Å². The molecule has 0 saturated heterocycles. The summed E-state index contributed by atoms with van der Waals surface area (Å²) < 4.78 is 0. The van der Waals surface area contributed by atoms with Gasteiger partial charge in [-0.1, -0.05) is 12.1 Å². The second kappa shape index (κ2) is 7.35. The first kappa shape index (κ1) is 20.0. The van der Waals surface area contributed by atoms with Gasteiger partial charge in [0, 0.05) is 27.4 Å². The quantitative estimate of drug-likeness (QED) is 0.307. The summed E-state index contributed by atoms with van der Waals surface area (Å²) in [6.45, 7) is 3.98. The predicted molar refractivity (Wildman–Crippen MR) is 128 cm³/mol. The van der Waals surface area contributed by atoms with Gasteiger partial charge in [0.2, 0.25) is 0 Å². The van der Waals surface area contributed by atoms with Crippen LogP contribution in [0.4, 0.5) is 17.1 Å². The van der Waals surface area contributed by atoms with Crippen molar-refractivity contribution < 1.29 is 14.7 Å². The van der Waals surface area contributed by atoms with Crippen LogP contribution in [0, 0.1) is 13.8 Å². The molecule has 0 atom stereocenters. The largest absolute Gasteiger partial charge is 0.507 e. The minimum Gasteiger partial charge on any atom is -0.507 e. The van der Waals surface area contributed by atoms with E-state index in [-0.39, 0.29) is 39.5 Å². The zero-order chi connectivity index (χ0) is 22.6. The van der Waals surface area contributed by atoms with Gasteiger partial charge in [-0.15, -0.1) is 11.3 Å². The van der Waals surface area contributed by atoms with Crippen LogP contribution in [0.3, 0.4) is 0 Å². The van der Waals surface area contributed by atoms with E-state index in [0.717, 1.165) is 21.7 Å². The second-order valence-electron chi connectivity index (χ2n) is 7.97. The number of aromatic hydroxyl groups is 1. The number of nitrogens with one attached hydrogen (secondary N) is 1. The molecular formula is C26H20N2O3S. The minimum absolute atomic E-state index is 0.0162. The summed E-state index contributed by atoms with van der Waals surface area (Å²) in [5.74, 6) is -1.01. The summed E-state index contributed by atoms with van der Waals surface area (Å²) >= 11 is 1.46. The third-order valence-corrected chi connectivity index (χ3v) is 6.52. The van der Waals surface area contributed by atoms with Gasteiger partial charge in [0.15, 0.2) is 11.6 Å². The van der Waals surface area contributed by atoms with Gasteiger partial charge < -0.3 is 16.2 Å². The average molecular weight is 441 g/mol. The lowest BCUT2D eigenvalue weighted by molar-refractivity contribution is 0.0978. The van der Waals surface area contributed by atoms with E-state index in [2.05, 4.69) is 11.4 Å². The maximum Gasteiger partial charge on any atom is 0.200 e. The second-order valence-corrected chi connectivity index (χ2v) is 8.92. The van der Waals surface area contributed by atoms with E-state index in [1.807, 2.05) is 43.5 Å². The van der Waals surface area contributed by atoms with Crippen molar-refractivity contribution >= 4 is 40.0 Å². The Morgan fingerprint density at radius 3 is 2.25 bits per heavy atom. The van der Waals surface area contributed by atoms with Gasteiger partial charge >= 0.3 is 0 Å². The van der Waals surface area contributed by atoms with E-state index in [9.17, 15) is 14.7 Å². The molecule has 0 saturated carbocycles. The zero-order valence-electron chi connectivity index (χ0n) is 17.5. The molecule has 3 aromatic carbocycles. The summed E-state index contributed by atoms with van der Waals surface area (Å²) in [4.78, 5) is 28.2. The third-order valence-electron chi connectivity index (χ3n) is 5.62. The Morgan fingerprint density at radius 1 is 0.844 bits per heavy atom. The molecule has 158 valence electrons. The van der Waals surface area contributed by atoms with Crippen molar-refractivity contribution in [2.24, 2.45) is 0 Å². The molecule has 0 amide bonds. The van der Waals surface area contributed by atoms with Gasteiger partial charge in [-0.05, 0) is 72.8 Å². The number of carbonyl (C=O) groups is 2. The summed E-state index contributed by atoms with van der Waals surface area (Å²) in [6, 6.07) is 16.2. The van der Waals surface area contributed by atoms with Gasteiger partial charge in [0.25, 0.3) is 0 Å². The van der Waals surface area contributed by atoms with Crippen LogP contribution in [0.25, 0.3) is 10.4 Å². The smallest absolute Gasteiger partial charge is 0.200 e. The molecule has 0 fully saturated rings. The molecule has 0 radical (unpaired) electrons. The molecule has 0 spiro atoms. The van der Waals surface area contributed by atoms with Crippen LogP contribution in [-0.2, 0) is 0 Å². The Kier molecular flexibility index (Phi) is 4.60. The fourth-order valence-electron chi connectivity index (χ4n) is 4.35. The fraction of sp³-hybridized carbons (Fsp3) is 0.0769. The first-order valence-electron chi connectivity index (χ1n) is 10.1. The van der Waals surface area contributed by atoms with E-state index in [4.69, 9.17) is 5.73 Å². The molecule has 32 heavy (non-hydrogen) atoms. The number of thiophene rings is 1. The zero-order valence-corrected chi connectivity index (χ0v) is 18.3. The third kappa shape index (κ3) is 3.08. The SMILES string of the molecule is Cc1cc(C)cc(Nc2ccc(N)c3c2C(=O)c2c(O)ccc(-c4cccs4)c2C3=O)c1. The molecule has 5 nitrogen and oxygen atoms in total. The van der Waals surface area contributed by atoms with Crippen LogP contribution < -0.4 is 11.1 Å². The van der Waals surface area contributed by atoms with Crippen molar-refractivity contribution in [2.75, 3.05) is 11.1 Å². The molecule has 0 bridgehead atoms. The van der Waals surface area contributed by atoms with Gasteiger partial charge in [-0.3, -0.25) is 9.59 Å². The number of anilines is 3. The Bertz CT molecular complexity index is 1400. The minimum atomic E-state index is -0.426. The fourth-order valence-corrected chi connectivity index (χ4v) is 5.11. The molecule has 5 rings (SSSR count). The lowest BCUT2D eigenvalue weighted by Gasteiger charge is -2.24.